The number of ether oxygens (including phenoxy) is 1. The summed E-state index contributed by atoms with van der Waals surface area (Å²) < 4.78 is 5.55. The van der Waals surface area contributed by atoms with Crippen molar-refractivity contribution < 1.29 is 9.84 Å². The van der Waals surface area contributed by atoms with Crippen LogP contribution in [0.3, 0.4) is 0 Å². The Kier molecular flexibility index (Phi) is 5.31. The number of aliphatic hydroxyl groups is 1. The lowest BCUT2D eigenvalue weighted by molar-refractivity contribution is 0.0945. The van der Waals surface area contributed by atoms with Crippen LogP contribution in [-0.4, -0.2) is 17.8 Å². The van der Waals surface area contributed by atoms with Gasteiger partial charge in [-0.25, -0.2) is 0 Å². The fourth-order valence-electron chi connectivity index (χ4n) is 2.34. The molecule has 2 nitrogen and oxygen atoms in total. The van der Waals surface area contributed by atoms with E-state index in [2.05, 4.69) is 0 Å². The lowest BCUT2D eigenvalue weighted by Gasteiger charge is -2.14. The van der Waals surface area contributed by atoms with E-state index >= 15 is 0 Å². The smallest absolute Gasteiger partial charge is 0.0805 e. The Morgan fingerprint density at radius 3 is 2.94 bits per heavy atom. The summed E-state index contributed by atoms with van der Waals surface area (Å²) in [5.41, 5.74) is 0.719. The highest BCUT2D eigenvalue weighted by atomic mass is 35.5. The van der Waals surface area contributed by atoms with Crippen molar-refractivity contribution in [2.75, 3.05) is 6.61 Å². The van der Waals surface area contributed by atoms with Crippen molar-refractivity contribution >= 4 is 23.2 Å². The van der Waals surface area contributed by atoms with Crippen LogP contribution in [0.15, 0.2) is 18.2 Å². The van der Waals surface area contributed by atoms with Gasteiger partial charge in [-0.3, -0.25) is 0 Å². The fraction of sp³-hybridized carbons (Fsp3) is 0.571. The maximum atomic E-state index is 10.1. The van der Waals surface area contributed by atoms with Crippen LogP contribution in [0.2, 0.25) is 10.0 Å². The molecule has 1 aromatic rings. The second-order valence-corrected chi connectivity index (χ2v) is 5.59. The molecule has 2 unspecified atom stereocenters. The van der Waals surface area contributed by atoms with Gasteiger partial charge >= 0.3 is 0 Å². The summed E-state index contributed by atoms with van der Waals surface area (Å²) >= 11 is 12.0. The van der Waals surface area contributed by atoms with Crippen molar-refractivity contribution in [1.29, 1.82) is 0 Å². The zero-order valence-electron chi connectivity index (χ0n) is 10.2. The molecule has 1 heterocycles. The topological polar surface area (TPSA) is 29.5 Å². The molecular formula is C14H18Cl2O2. The average molecular weight is 289 g/mol. The van der Waals surface area contributed by atoms with E-state index in [0.29, 0.717) is 22.6 Å². The molecule has 2 atom stereocenters. The van der Waals surface area contributed by atoms with Crippen molar-refractivity contribution in [2.45, 2.75) is 44.3 Å². The Labute approximate surface area is 118 Å². The van der Waals surface area contributed by atoms with E-state index in [4.69, 9.17) is 27.9 Å². The molecule has 4 heteroatoms. The second-order valence-electron chi connectivity index (χ2n) is 4.75. The highest BCUT2D eigenvalue weighted by Crippen LogP contribution is 2.30. The second kappa shape index (κ2) is 6.76. The molecule has 0 bridgehead atoms. The first-order valence-corrected chi connectivity index (χ1v) is 7.17. The van der Waals surface area contributed by atoms with Crippen LogP contribution in [0, 0.1) is 0 Å². The number of hydrogen-bond donors (Lipinski definition) is 1. The van der Waals surface area contributed by atoms with Crippen LogP contribution < -0.4 is 0 Å². The third kappa shape index (κ3) is 3.86. The van der Waals surface area contributed by atoms with Gasteiger partial charge in [0.05, 0.1) is 12.2 Å². The molecule has 0 aromatic heterocycles. The van der Waals surface area contributed by atoms with Gasteiger partial charge < -0.3 is 9.84 Å². The third-order valence-corrected chi connectivity index (χ3v) is 3.92. The average Bonchev–Trinajstić information content (AvgIpc) is 2.85. The van der Waals surface area contributed by atoms with Gasteiger partial charge in [0.2, 0.25) is 0 Å². The Bertz CT molecular complexity index is 389. The van der Waals surface area contributed by atoms with Crippen LogP contribution in [0.4, 0.5) is 0 Å². The molecule has 0 aliphatic carbocycles. The van der Waals surface area contributed by atoms with Gasteiger partial charge in [-0.2, -0.15) is 0 Å². The van der Waals surface area contributed by atoms with E-state index < -0.39 is 6.10 Å². The monoisotopic (exact) mass is 288 g/mol. The molecule has 0 spiro atoms. The minimum Gasteiger partial charge on any atom is -0.388 e. The summed E-state index contributed by atoms with van der Waals surface area (Å²) in [4.78, 5) is 0. The van der Waals surface area contributed by atoms with Gasteiger partial charge in [-0.1, -0.05) is 23.2 Å². The molecule has 0 radical (unpaired) electrons. The Hall–Kier alpha value is -0.280. The first-order valence-electron chi connectivity index (χ1n) is 6.41. The Morgan fingerprint density at radius 1 is 1.39 bits per heavy atom. The summed E-state index contributed by atoms with van der Waals surface area (Å²) in [6.07, 6.45) is 4.79. The van der Waals surface area contributed by atoms with Crippen molar-refractivity contribution in [2.24, 2.45) is 0 Å². The maximum Gasteiger partial charge on any atom is 0.0805 e. The number of benzene rings is 1. The van der Waals surface area contributed by atoms with Gasteiger partial charge in [-0.15, -0.1) is 0 Å². The van der Waals surface area contributed by atoms with Gasteiger partial charge in [0, 0.05) is 22.2 Å². The predicted octanol–water partition coefficient (Wildman–Crippen LogP) is 4.38. The van der Waals surface area contributed by atoms with E-state index in [1.165, 1.54) is 0 Å². The molecule has 1 aliphatic rings. The molecule has 0 amide bonds. The van der Waals surface area contributed by atoms with Crippen molar-refractivity contribution in [1.82, 2.24) is 0 Å². The first-order chi connectivity index (χ1) is 8.66. The molecule has 100 valence electrons. The Balaban J connectivity index is 1.83. The summed E-state index contributed by atoms with van der Waals surface area (Å²) in [5.74, 6) is 0. The molecule has 1 aromatic carbocycles. The van der Waals surface area contributed by atoms with E-state index in [9.17, 15) is 5.11 Å². The zero-order chi connectivity index (χ0) is 13.0. The van der Waals surface area contributed by atoms with Crippen LogP contribution in [-0.2, 0) is 4.74 Å². The van der Waals surface area contributed by atoms with Gasteiger partial charge in [-0.05, 0) is 50.3 Å². The van der Waals surface area contributed by atoms with Crippen LogP contribution in [0.5, 0.6) is 0 Å². The number of aliphatic hydroxyl groups excluding tert-OH is 1. The molecule has 1 fully saturated rings. The summed E-state index contributed by atoms with van der Waals surface area (Å²) in [7, 11) is 0. The maximum absolute atomic E-state index is 10.1. The fourth-order valence-corrected chi connectivity index (χ4v) is 2.76. The molecular weight excluding hydrogens is 271 g/mol. The lowest BCUT2D eigenvalue weighted by Crippen LogP contribution is -2.06. The van der Waals surface area contributed by atoms with Gasteiger partial charge in [0.1, 0.15) is 0 Å². The molecule has 1 saturated heterocycles. The lowest BCUT2D eigenvalue weighted by atomic mass is 10.0. The van der Waals surface area contributed by atoms with E-state index in [1.54, 1.807) is 18.2 Å². The highest BCUT2D eigenvalue weighted by molar-refractivity contribution is 6.33. The van der Waals surface area contributed by atoms with E-state index in [1.807, 2.05) is 0 Å². The van der Waals surface area contributed by atoms with Crippen molar-refractivity contribution in [3.8, 4) is 0 Å². The standard InChI is InChI=1S/C14H18Cl2O2/c15-10-6-7-13(16)12(9-10)14(17)5-1-3-11-4-2-8-18-11/h6-7,9,11,14,17H,1-5,8H2. The summed E-state index contributed by atoms with van der Waals surface area (Å²) in [6, 6.07) is 5.19. The van der Waals surface area contributed by atoms with Gasteiger partial charge in [0.25, 0.3) is 0 Å². The van der Waals surface area contributed by atoms with Crippen molar-refractivity contribution in [3.05, 3.63) is 33.8 Å². The Morgan fingerprint density at radius 2 is 2.22 bits per heavy atom. The third-order valence-electron chi connectivity index (χ3n) is 3.34. The minimum atomic E-state index is -0.544. The normalized spacial score (nSPS) is 21.2. The minimum absolute atomic E-state index is 0.382. The summed E-state index contributed by atoms with van der Waals surface area (Å²) in [5, 5.41) is 11.3. The van der Waals surface area contributed by atoms with Crippen molar-refractivity contribution in [3.63, 3.8) is 0 Å². The number of rotatable bonds is 5. The SMILES string of the molecule is OC(CCCC1CCCO1)c1cc(Cl)ccc1Cl. The molecule has 0 saturated carbocycles. The molecule has 2 rings (SSSR count). The summed E-state index contributed by atoms with van der Waals surface area (Å²) in [6.45, 7) is 0.882. The largest absolute Gasteiger partial charge is 0.388 e. The van der Waals surface area contributed by atoms with E-state index in [0.717, 1.165) is 37.9 Å². The predicted molar refractivity (Wildman–Crippen MR) is 74.2 cm³/mol. The quantitative estimate of drug-likeness (QED) is 0.871. The van der Waals surface area contributed by atoms with Crippen LogP contribution >= 0.6 is 23.2 Å². The molecule has 18 heavy (non-hydrogen) atoms. The highest BCUT2D eigenvalue weighted by Gasteiger charge is 2.17. The van der Waals surface area contributed by atoms with E-state index in [-0.39, 0.29) is 0 Å². The van der Waals surface area contributed by atoms with Crippen LogP contribution in [0.1, 0.15) is 43.8 Å². The molecule has 1 aliphatic heterocycles. The van der Waals surface area contributed by atoms with Gasteiger partial charge in [0.15, 0.2) is 0 Å². The van der Waals surface area contributed by atoms with Crippen LogP contribution in [0.25, 0.3) is 0 Å². The molecule has 1 N–H and O–H groups in total. The number of hydrogen-bond acceptors (Lipinski definition) is 2. The number of halogens is 2. The first kappa shape index (κ1) is 14.1. The zero-order valence-corrected chi connectivity index (χ0v) is 11.8.